The van der Waals surface area contributed by atoms with Crippen molar-refractivity contribution in [3.63, 3.8) is 0 Å². The number of ether oxygens (including phenoxy) is 1. The molecule has 1 aromatic heterocycles. The summed E-state index contributed by atoms with van der Waals surface area (Å²) in [5.74, 6) is -0.141. The van der Waals surface area contributed by atoms with E-state index in [1.807, 2.05) is 18.3 Å². The molecule has 0 saturated carbocycles. The quantitative estimate of drug-likeness (QED) is 0.827. The Morgan fingerprint density at radius 1 is 1.11 bits per heavy atom. The van der Waals surface area contributed by atoms with Crippen LogP contribution in [0.5, 0.6) is 0 Å². The maximum absolute atomic E-state index is 13.6. The molecule has 0 spiro atoms. The summed E-state index contributed by atoms with van der Waals surface area (Å²) in [7, 11) is 0. The highest BCUT2D eigenvalue weighted by Crippen LogP contribution is 2.18. The summed E-state index contributed by atoms with van der Waals surface area (Å²) < 4.78 is 21.0. The molecule has 0 aliphatic carbocycles. The van der Waals surface area contributed by atoms with Crippen LogP contribution in [0.25, 0.3) is 10.9 Å². The number of halogens is 1. The van der Waals surface area contributed by atoms with Gasteiger partial charge < -0.3 is 9.30 Å². The number of hydrogen-bond donors (Lipinski definition) is 0. The molecular weight excluding hydrogens is 231 g/mol. The van der Waals surface area contributed by atoms with Crippen molar-refractivity contribution in [2.75, 3.05) is 32.8 Å². The molecule has 18 heavy (non-hydrogen) atoms. The van der Waals surface area contributed by atoms with Gasteiger partial charge in [0.15, 0.2) is 0 Å². The zero-order valence-corrected chi connectivity index (χ0v) is 10.3. The maximum Gasteiger partial charge on any atom is 0.132 e. The normalized spacial score (nSPS) is 17.4. The van der Waals surface area contributed by atoms with Crippen LogP contribution in [0, 0.1) is 5.82 Å². The second kappa shape index (κ2) is 5.08. The molecule has 3 nitrogen and oxygen atoms in total. The van der Waals surface area contributed by atoms with Gasteiger partial charge >= 0.3 is 0 Å². The lowest BCUT2D eigenvalue weighted by molar-refractivity contribution is 0.0365. The Kier molecular flexibility index (Phi) is 3.30. The number of hydrogen-bond acceptors (Lipinski definition) is 2. The summed E-state index contributed by atoms with van der Waals surface area (Å²) in [5, 5.41) is 0.708. The average Bonchev–Trinajstić information content (AvgIpc) is 2.82. The highest BCUT2D eigenvalue weighted by Gasteiger charge is 2.11. The van der Waals surface area contributed by atoms with Gasteiger partial charge in [0.25, 0.3) is 0 Å². The molecule has 0 bridgehead atoms. The highest BCUT2D eigenvalue weighted by atomic mass is 19.1. The van der Waals surface area contributed by atoms with Crippen LogP contribution in [0.1, 0.15) is 0 Å². The number of rotatable bonds is 3. The minimum absolute atomic E-state index is 0.141. The van der Waals surface area contributed by atoms with Crippen LogP contribution < -0.4 is 0 Å². The van der Waals surface area contributed by atoms with Gasteiger partial charge in [-0.05, 0) is 18.2 Å². The van der Waals surface area contributed by atoms with E-state index in [2.05, 4.69) is 9.47 Å². The van der Waals surface area contributed by atoms with Crippen molar-refractivity contribution in [3.8, 4) is 0 Å². The fourth-order valence-electron chi connectivity index (χ4n) is 2.45. The third-order valence-electron chi connectivity index (χ3n) is 3.52. The zero-order chi connectivity index (χ0) is 12.4. The van der Waals surface area contributed by atoms with Crippen molar-refractivity contribution in [3.05, 3.63) is 36.3 Å². The van der Waals surface area contributed by atoms with Gasteiger partial charge in [0.05, 0.1) is 18.7 Å². The van der Waals surface area contributed by atoms with E-state index in [1.54, 1.807) is 6.07 Å². The predicted octanol–water partition coefficient (Wildman–Crippen LogP) is 2.11. The Morgan fingerprint density at radius 2 is 1.94 bits per heavy atom. The van der Waals surface area contributed by atoms with Gasteiger partial charge in [-0.15, -0.1) is 0 Å². The van der Waals surface area contributed by atoms with Crippen LogP contribution in [-0.2, 0) is 11.3 Å². The van der Waals surface area contributed by atoms with Gasteiger partial charge in [-0.1, -0.05) is 6.07 Å². The molecule has 1 fully saturated rings. The van der Waals surface area contributed by atoms with Crippen LogP contribution in [0.2, 0.25) is 0 Å². The SMILES string of the molecule is Fc1cccc2c1ccn2CCN1CCOCC1. The lowest BCUT2D eigenvalue weighted by atomic mass is 10.2. The van der Waals surface area contributed by atoms with Crippen LogP contribution in [0.15, 0.2) is 30.5 Å². The van der Waals surface area contributed by atoms with Gasteiger partial charge in [-0.2, -0.15) is 0 Å². The molecule has 1 aromatic carbocycles. The van der Waals surface area contributed by atoms with Crippen molar-refractivity contribution >= 4 is 10.9 Å². The first-order valence-corrected chi connectivity index (χ1v) is 6.38. The monoisotopic (exact) mass is 248 g/mol. The van der Waals surface area contributed by atoms with Crippen LogP contribution in [0.3, 0.4) is 0 Å². The number of nitrogens with zero attached hydrogens (tertiary/aromatic N) is 2. The summed E-state index contributed by atoms with van der Waals surface area (Å²) in [5.41, 5.74) is 0.975. The first-order valence-electron chi connectivity index (χ1n) is 6.38. The molecule has 96 valence electrons. The second-order valence-corrected chi connectivity index (χ2v) is 4.64. The largest absolute Gasteiger partial charge is 0.379 e. The van der Waals surface area contributed by atoms with Crippen LogP contribution in [0.4, 0.5) is 4.39 Å². The summed E-state index contributed by atoms with van der Waals surface area (Å²) in [6.45, 7) is 5.51. The van der Waals surface area contributed by atoms with Gasteiger partial charge in [-0.3, -0.25) is 4.90 Å². The van der Waals surface area contributed by atoms with Gasteiger partial charge in [-0.25, -0.2) is 4.39 Å². The minimum Gasteiger partial charge on any atom is -0.379 e. The molecule has 0 radical (unpaired) electrons. The maximum atomic E-state index is 13.6. The van der Waals surface area contributed by atoms with Gasteiger partial charge in [0, 0.05) is 37.8 Å². The summed E-state index contributed by atoms with van der Waals surface area (Å²) in [6.07, 6.45) is 1.97. The number of fused-ring (bicyclic) bond motifs is 1. The van der Waals surface area contributed by atoms with Crippen molar-refractivity contribution in [2.24, 2.45) is 0 Å². The fourth-order valence-corrected chi connectivity index (χ4v) is 2.45. The second-order valence-electron chi connectivity index (χ2n) is 4.64. The van der Waals surface area contributed by atoms with Crippen molar-refractivity contribution in [1.29, 1.82) is 0 Å². The third kappa shape index (κ3) is 2.26. The molecule has 2 heterocycles. The van der Waals surface area contributed by atoms with Crippen LogP contribution in [-0.4, -0.2) is 42.3 Å². The van der Waals surface area contributed by atoms with Crippen LogP contribution >= 0.6 is 0 Å². The average molecular weight is 248 g/mol. The Hall–Kier alpha value is -1.39. The smallest absolute Gasteiger partial charge is 0.132 e. The van der Waals surface area contributed by atoms with E-state index in [1.165, 1.54) is 6.07 Å². The van der Waals surface area contributed by atoms with Gasteiger partial charge in [0.1, 0.15) is 5.82 Å². The van der Waals surface area contributed by atoms with E-state index in [9.17, 15) is 4.39 Å². The summed E-state index contributed by atoms with van der Waals surface area (Å²) >= 11 is 0. The zero-order valence-electron chi connectivity index (χ0n) is 10.3. The molecule has 2 aromatic rings. The molecule has 0 amide bonds. The van der Waals surface area contributed by atoms with E-state index in [-0.39, 0.29) is 5.82 Å². The topological polar surface area (TPSA) is 17.4 Å². The Labute approximate surface area is 106 Å². The van der Waals surface area contributed by atoms with E-state index >= 15 is 0 Å². The Bertz CT molecular complexity index is 532. The summed E-state index contributed by atoms with van der Waals surface area (Å²) in [6, 6.07) is 7.10. The van der Waals surface area contributed by atoms with Gasteiger partial charge in [0.2, 0.25) is 0 Å². The molecule has 1 aliphatic rings. The predicted molar refractivity (Wildman–Crippen MR) is 69.2 cm³/mol. The molecular formula is C14H17FN2O. The molecule has 0 atom stereocenters. The lowest BCUT2D eigenvalue weighted by Gasteiger charge is -2.26. The molecule has 1 saturated heterocycles. The number of benzene rings is 1. The number of aromatic nitrogens is 1. The van der Waals surface area contributed by atoms with Crippen molar-refractivity contribution in [2.45, 2.75) is 6.54 Å². The standard InChI is InChI=1S/C14H17FN2O/c15-13-2-1-3-14-12(13)4-5-17(14)7-6-16-8-10-18-11-9-16/h1-5H,6-11H2. The van der Waals surface area contributed by atoms with Crippen molar-refractivity contribution in [1.82, 2.24) is 9.47 Å². The lowest BCUT2D eigenvalue weighted by Crippen LogP contribution is -2.38. The molecule has 1 aliphatic heterocycles. The fraction of sp³-hybridized carbons (Fsp3) is 0.429. The van der Waals surface area contributed by atoms with E-state index in [0.29, 0.717) is 5.39 Å². The molecule has 0 N–H and O–H groups in total. The number of morpholine rings is 1. The summed E-state index contributed by atoms with van der Waals surface area (Å²) in [4.78, 5) is 2.38. The van der Waals surface area contributed by atoms with Crippen molar-refractivity contribution < 1.29 is 9.13 Å². The van der Waals surface area contributed by atoms with E-state index in [4.69, 9.17) is 4.74 Å². The van der Waals surface area contributed by atoms with E-state index < -0.39 is 0 Å². The minimum atomic E-state index is -0.141. The molecule has 4 heteroatoms. The Balaban J connectivity index is 1.72. The molecule has 0 unspecified atom stereocenters. The highest BCUT2D eigenvalue weighted by molar-refractivity contribution is 5.80. The first kappa shape index (κ1) is 11.7. The Morgan fingerprint density at radius 3 is 2.78 bits per heavy atom. The molecule has 3 rings (SSSR count). The van der Waals surface area contributed by atoms with E-state index in [0.717, 1.165) is 44.9 Å². The third-order valence-corrected chi connectivity index (χ3v) is 3.52. The first-order chi connectivity index (χ1) is 8.84.